The maximum Gasteiger partial charge on any atom is 0.227 e. The summed E-state index contributed by atoms with van der Waals surface area (Å²) in [6.45, 7) is 5.36. The van der Waals surface area contributed by atoms with Crippen LogP contribution in [0.25, 0.3) is 0 Å². The number of nitrogens with one attached hydrogen (secondary N) is 2. The highest BCUT2D eigenvalue weighted by Crippen LogP contribution is 2.24. The predicted molar refractivity (Wildman–Crippen MR) is 92.7 cm³/mol. The van der Waals surface area contributed by atoms with Crippen molar-refractivity contribution in [2.24, 2.45) is 4.99 Å². The Morgan fingerprint density at radius 2 is 2.29 bits per heavy atom. The van der Waals surface area contributed by atoms with Gasteiger partial charge in [0.15, 0.2) is 11.6 Å². The summed E-state index contributed by atoms with van der Waals surface area (Å²) in [5, 5.41) is 6.39. The van der Waals surface area contributed by atoms with Crippen LogP contribution in [-0.2, 0) is 6.54 Å². The molecule has 4 rings (SSSR count). The first-order valence-corrected chi connectivity index (χ1v) is 8.10. The van der Waals surface area contributed by atoms with Crippen molar-refractivity contribution in [3.63, 3.8) is 0 Å². The average molecular weight is 326 g/mol. The fraction of sp³-hybridized carbons (Fsp3) is 0.353. The first-order chi connectivity index (χ1) is 11.7. The van der Waals surface area contributed by atoms with Crippen LogP contribution in [0.15, 0.2) is 29.4 Å². The zero-order valence-electron chi connectivity index (χ0n) is 13.5. The Balaban J connectivity index is 1.60. The SMILES string of the molecule is CC1CNCCN1c1ncc(F)c(Nc2ccc3c(c2)C=NC3)n1. The highest BCUT2D eigenvalue weighted by molar-refractivity contribution is 5.86. The lowest BCUT2D eigenvalue weighted by atomic mass is 10.1. The van der Waals surface area contributed by atoms with Gasteiger partial charge in [0, 0.05) is 37.6 Å². The minimum Gasteiger partial charge on any atom is -0.338 e. The van der Waals surface area contributed by atoms with Crippen LogP contribution < -0.4 is 15.5 Å². The van der Waals surface area contributed by atoms with Gasteiger partial charge in [-0.25, -0.2) is 9.37 Å². The number of aromatic nitrogens is 2. The van der Waals surface area contributed by atoms with Gasteiger partial charge in [-0.15, -0.1) is 0 Å². The molecule has 0 bridgehead atoms. The van der Waals surface area contributed by atoms with Crippen molar-refractivity contribution in [2.75, 3.05) is 29.9 Å². The van der Waals surface area contributed by atoms with Gasteiger partial charge in [0.1, 0.15) is 0 Å². The van der Waals surface area contributed by atoms with Crippen LogP contribution in [0.1, 0.15) is 18.1 Å². The molecule has 2 aromatic rings. The molecule has 124 valence electrons. The van der Waals surface area contributed by atoms with Gasteiger partial charge in [-0.1, -0.05) is 6.07 Å². The molecule has 1 aromatic carbocycles. The third-order valence-corrected chi connectivity index (χ3v) is 4.39. The van der Waals surface area contributed by atoms with Crippen LogP contribution in [0.2, 0.25) is 0 Å². The smallest absolute Gasteiger partial charge is 0.227 e. The molecule has 2 N–H and O–H groups in total. The van der Waals surface area contributed by atoms with E-state index in [-0.39, 0.29) is 11.9 Å². The van der Waals surface area contributed by atoms with E-state index >= 15 is 0 Å². The summed E-state index contributed by atoms with van der Waals surface area (Å²) in [4.78, 5) is 14.9. The van der Waals surface area contributed by atoms with E-state index in [1.165, 1.54) is 11.8 Å². The number of halogens is 1. The quantitative estimate of drug-likeness (QED) is 0.904. The molecule has 0 radical (unpaired) electrons. The number of nitrogens with zero attached hydrogens (tertiary/aromatic N) is 4. The topological polar surface area (TPSA) is 65.4 Å². The zero-order chi connectivity index (χ0) is 16.5. The molecule has 2 aliphatic rings. The van der Waals surface area contributed by atoms with Gasteiger partial charge in [0.05, 0.1) is 12.7 Å². The van der Waals surface area contributed by atoms with Crippen molar-refractivity contribution in [1.29, 1.82) is 0 Å². The molecule has 7 heteroatoms. The van der Waals surface area contributed by atoms with E-state index in [0.29, 0.717) is 12.5 Å². The molecule has 1 fully saturated rings. The molecular weight excluding hydrogens is 307 g/mol. The second kappa shape index (κ2) is 6.16. The minimum atomic E-state index is -0.462. The van der Waals surface area contributed by atoms with Gasteiger partial charge in [-0.05, 0) is 30.2 Å². The number of benzene rings is 1. The Labute approximate surface area is 139 Å². The van der Waals surface area contributed by atoms with Crippen LogP contribution in [0.5, 0.6) is 0 Å². The average Bonchev–Trinajstić information content (AvgIpc) is 3.05. The molecule has 0 aliphatic carbocycles. The van der Waals surface area contributed by atoms with Crippen molar-refractivity contribution in [3.8, 4) is 0 Å². The predicted octanol–water partition coefficient (Wildman–Crippen LogP) is 2.09. The van der Waals surface area contributed by atoms with E-state index in [2.05, 4.69) is 37.4 Å². The first-order valence-electron chi connectivity index (χ1n) is 8.10. The molecule has 2 aliphatic heterocycles. The van der Waals surface area contributed by atoms with Gasteiger partial charge >= 0.3 is 0 Å². The Morgan fingerprint density at radius 3 is 3.17 bits per heavy atom. The van der Waals surface area contributed by atoms with Crippen molar-refractivity contribution in [3.05, 3.63) is 41.3 Å². The molecule has 0 saturated carbocycles. The normalized spacial score (nSPS) is 19.4. The summed E-state index contributed by atoms with van der Waals surface area (Å²) < 4.78 is 14.1. The summed E-state index contributed by atoms with van der Waals surface area (Å²) in [7, 11) is 0. The number of rotatable bonds is 3. The summed E-state index contributed by atoms with van der Waals surface area (Å²) in [6, 6.07) is 6.15. The van der Waals surface area contributed by atoms with Gasteiger partial charge in [0.2, 0.25) is 5.95 Å². The number of hydrogen-bond donors (Lipinski definition) is 2. The molecule has 0 amide bonds. The van der Waals surface area contributed by atoms with Gasteiger partial charge in [-0.3, -0.25) is 4.99 Å². The molecule has 1 atom stereocenters. The Kier molecular flexibility index (Phi) is 3.86. The van der Waals surface area contributed by atoms with E-state index < -0.39 is 5.82 Å². The van der Waals surface area contributed by atoms with Crippen molar-refractivity contribution in [2.45, 2.75) is 19.5 Å². The van der Waals surface area contributed by atoms with E-state index in [9.17, 15) is 4.39 Å². The summed E-state index contributed by atoms with van der Waals surface area (Å²) >= 11 is 0. The molecule has 24 heavy (non-hydrogen) atoms. The van der Waals surface area contributed by atoms with E-state index in [4.69, 9.17) is 0 Å². The minimum absolute atomic E-state index is 0.195. The van der Waals surface area contributed by atoms with E-state index in [1.807, 2.05) is 24.4 Å². The molecule has 1 aromatic heterocycles. The van der Waals surface area contributed by atoms with Crippen molar-refractivity contribution in [1.82, 2.24) is 15.3 Å². The van der Waals surface area contributed by atoms with Gasteiger partial charge < -0.3 is 15.5 Å². The maximum absolute atomic E-state index is 14.1. The van der Waals surface area contributed by atoms with Gasteiger partial charge in [0.25, 0.3) is 0 Å². The highest BCUT2D eigenvalue weighted by Gasteiger charge is 2.21. The largest absolute Gasteiger partial charge is 0.338 e. The third-order valence-electron chi connectivity index (χ3n) is 4.39. The fourth-order valence-electron chi connectivity index (χ4n) is 3.04. The molecule has 1 saturated heterocycles. The fourth-order valence-corrected chi connectivity index (χ4v) is 3.04. The van der Waals surface area contributed by atoms with Crippen molar-refractivity contribution >= 4 is 23.7 Å². The lowest BCUT2D eigenvalue weighted by Crippen LogP contribution is -2.50. The number of fused-ring (bicyclic) bond motifs is 1. The third kappa shape index (κ3) is 2.82. The number of aliphatic imine (C=N–C) groups is 1. The van der Waals surface area contributed by atoms with Crippen LogP contribution in [0, 0.1) is 5.82 Å². The summed E-state index contributed by atoms with van der Waals surface area (Å²) in [5.74, 6) is 0.284. The zero-order valence-corrected chi connectivity index (χ0v) is 13.5. The Bertz CT molecular complexity index is 791. The molecule has 0 spiro atoms. The highest BCUT2D eigenvalue weighted by atomic mass is 19.1. The maximum atomic E-state index is 14.1. The molecule has 1 unspecified atom stereocenters. The first kappa shape index (κ1) is 15.0. The number of anilines is 3. The van der Waals surface area contributed by atoms with Crippen LogP contribution in [0.4, 0.5) is 21.8 Å². The second-order valence-corrected chi connectivity index (χ2v) is 6.12. The molecule has 3 heterocycles. The summed E-state index contributed by atoms with van der Waals surface area (Å²) in [6.07, 6.45) is 3.07. The molecular formula is C17H19FN6. The van der Waals surface area contributed by atoms with E-state index in [1.54, 1.807) is 0 Å². The Morgan fingerprint density at radius 1 is 1.38 bits per heavy atom. The number of piperazine rings is 1. The lowest BCUT2D eigenvalue weighted by molar-refractivity contribution is 0.491. The standard InChI is InChI=1S/C17H19FN6/c1-11-7-19-4-5-24(11)17-21-10-15(18)16(23-17)22-14-3-2-12-8-20-9-13(12)6-14/h2-3,6,9-11,19H,4-5,7-8H2,1H3,(H,21,22,23). The summed E-state index contributed by atoms with van der Waals surface area (Å²) in [5.41, 5.74) is 3.03. The Hall–Kier alpha value is -2.54. The second-order valence-electron chi connectivity index (χ2n) is 6.12. The number of hydrogen-bond acceptors (Lipinski definition) is 6. The van der Waals surface area contributed by atoms with Crippen LogP contribution in [-0.4, -0.2) is 41.9 Å². The van der Waals surface area contributed by atoms with Crippen molar-refractivity contribution < 1.29 is 4.39 Å². The van der Waals surface area contributed by atoms with Crippen LogP contribution in [0.3, 0.4) is 0 Å². The van der Waals surface area contributed by atoms with E-state index in [0.717, 1.165) is 30.9 Å². The molecule has 6 nitrogen and oxygen atoms in total. The lowest BCUT2D eigenvalue weighted by Gasteiger charge is -2.34. The monoisotopic (exact) mass is 326 g/mol. The van der Waals surface area contributed by atoms with Gasteiger partial charge in [-0.2, -0.15) is 4.98 Å². The van der Waals surface area contributed by atoms with Crippen LogP contribution >= 0.6 is 0 Å².